The highest BCUT2D eigenvalue weighted by Gasteiger charge is 2.28. The van der Waals surface area contributed by atoms with Gasteiger partial charge in [-0.1, -0.05) is 30.3 Å². The Hall–Kier alpha value is -0.900. The maximum Gasteiger partial charge on any atom is 0.0599 e. The van der Waals surface area contributed by atoms with Crippen LogP contribution in [0, 0.1) is 0 Å². The SMILES string of the molecule is CC(C)N1CC(Cc2ccccc2)NCC1CO. The predicted molar refractivity (Wildman–Crippen MR) is 74.7 cm³/mol. The fraction of sp³-hybridized carbons (Fsp3) is 0.600. The summed E-state index contributed by atoms with van der Waals surface area (Å²) in [5.74, 6) is 0. The average Bonchev–Trinajstić information content (AvgIpc) is 2.40. The molecule has 100 valence electrons. The summed E-state index contributed by atoms with van der Waals surface area (Å²) in [6, 6.07) is 11.8. The van der Waals surface area contributed by atoms with Gasteiger partial charge in [0.1, 0.15) is 0 Å². The Labute approximate surface area is 110 Å². The highest BCUT2D eigenvalue weighted by Crippen LogP contribution is 2.14. The summed E-state index contributed by atoms with van der Waals surface area (Å²) in [5.41, 5.74) is 1.38. The molecule has 0 bridgehead atoms. The third-order valence-corrected chi connectivity index (χ3v) is 3.74. The van der Waals surface area contributed by atoms with Crippen molar-refractivity contribution >= 4 is 0 Å². The lowest BCUT2D eigenvalue weighted by molar-refractivity contribution is 0.0564. The van der Waals surface area contributed by atoms with Crippen LogP contribution in [0.25, 0.3) is 0 Å². The second-order valence-corrected chi connectivity index (χ2v) is 5.42. The molecular weight excluding hydrogens is 224 g/mol. The van der Waals surface area contributed by atoms with Crippen LogP contribution in [0.3, 0.4) is 0 Å². The monoisotopic (exact) mass is 248 g/mol. The molecule has 2 atom stereocenters. The van der Waals surface area contributed by atoms with E-state index in [2.05, 4.69) is 54.4 Å². The number of hydrogen-bond donors (Lipinski definition) is 2. The van der Waals surface area contributed by atoms with Crippen LogP contribution in [0.4, 0.5) is 0 Å². The van der Waals surface area contributed by atoms with Crippen LogP contribution in [0.5, 0.6) is 0 Å². The van der Waals surface area contributed by atoms with Crippen LogP contribution in [-0.4, -0.2) is 47.8 Å². The Morgan fingerprint density at radius 1 is 1.33 bits per heavy atom. The average molecular weight is 248 g/mol. The van der Waals surface area contributed by atoms with Crippen molar-refractivity contribution < 1.29 is 5.11 Å². The number of piperazine rings is 1. The molecule has 0 amide bonds. The lowest BCUT2D eigenvalue weighted by Crippen LogP contribution is -2.60. The van der Waals surface area contributed by atoms with Crippen molar-refractivity contribution in [1.82, 2.24) is 10.2 Å². The second-order valence-electron chi connectivity index (χ2n) is 5.42. The van der Waals surface area contributed by atoms with E-state index in [4.69, 9.17) is 0 Å². The minimum absolute atomic E-state index is 0.239. The summed E-state index contributed by atoms with van der Waals surface area (Å²) >= 11 is 0. The summed E-state index contributed by atoms with van der Waals surface area (Å²) in [7, 11) is 0. The first-order chi connectivity index (χ1) is 8.70. The summed E-state index contributed by atoms with van der Waals surface area (Å²) < 4.78 is 0. The van der Waals surface area contributed by atoms with E-state index in [1.807, 2.05) is 0 Å². The number of benzene rings is 1. The quantitative estimate of drug-likeness (QED) is 0.842. The zero-order valence-electron chi connectivity index (χ0n) is 11.3. The van der Waals surface area contributed by atoms with Crippen molar-refractivity contribution in [3.8, 4) is 0 Å². The van der Waals surface area contributed by atoms with Crippen molar-refractivity contribution in [1.29, 1.82) is 0 Å². The van der Waals surface area contributed by atoms with Gasteiger partial charge < -0.3 is 10.4 Å². The number of aliphatic hydroxyl groups excluding tert-OH is 1. The van der Waals surface area contributed by atoms with Gasteiger partial charge in [0.05, 0.1) is 6.61 Å². The number of hydrogen-bond acceptors (Lipinski definition) is 3. The molecule has 0 aliphatic carbocycles. The molecule has 3 heteroatoms. The van der Waals surface area contributed by atoms with Crippen molar-refractivity contribution in [2.75, 3.05) is 19.7 Å². The van der Waals surface area contributed by atoms with Gasteiger partial charge >= 0.3 is 0 Å². The van der Waals surface area contributed by atoms with Crippen molar-refractivity contribution in [2.24, 2.45) is 0 Å². The van der Waals surface area contributed by atoms with Gasteiger partial charge in [0.25, 0.3) is 0 Å². The molecule has 2 unspecified atom stereocenters. The molecule has 1 aromatic carbocycles. The molecule has 1 saturated heterocycles. The Morgan fingerprint density at radius 2 is 2.06 bits per heavy atom. The molecule has 1 heterocycles. The lowest BCUT2D eigenvalue weighted by atomic mass is 10.0. The molecule has 1 fully saturated rings. The molecule has 2 N–H and O–H groups in total. The molecule has 1 aromatic rings. The number of nitrogens with one attached hydrogen (secondary N) is 1. The van der Waals surface area contributed by atoms with Crippen LogP contribution in [0.2, 0.25) is 0 Å². The highest BCUT2D eigenvalue weighted by molar-refractivity contribution is 5.16. The van der Waals surface area contributed by atoms with Gasteiger partial charge in [0, 0.05) is 31.2 Å². The molecule has 1 aliphatic rings. The van der Waals surface area contributed by atoms with E-state index in [1.54, 1.807) is 0 Å². The summed E-state index contributed by atoms with van der Waals surface area (Å²) in [6.45, 7) is 6.54. The third kappa shape index (κ3) is 3.31. The Balaban J connectivity index is 1.96. The topological polar surface area (TPSA) is 35.5 Å². The van der Waals surface area contributed by atoms with Crippen molar-refractivity contribution in [3.05, 3.63) is 35.9 Å². The van der Waals surface area contributed by atoms with Gasteiger partial charge in [-0.05, 0) is 25.8 Å². The summed E-state index contributed by atoms with van der Waals surface area (Å²) in [5, 5.41) is 13.0. The van der Waals surface area contributed by atoms with Crippen molar-refractivity contribution in [2.45, 2.75) is 38.4 Å². The normalized spacial score (nSPS) is 25.6. The van der Waals surface area contributed by atoms with E-state index < -0.39 is 0 Å². The fourth-order valence-electron chi connectivity index (χ4n) is 2.73. The maximum atomic E-state index is 9.40. The number of nitrogens with zero attached hydrogens (tertiary/aromatic N) is 1. The van der Waals surface area contributed by atoms with E-state index >= 15 is 0 Å². The predicted octanol–water partition coefficient (Wildman–Crippen LogP) is 1.27. The van der Waals surface area contributed by atoms with Crippen LogP contribution in [0.15, 0.2) is 30.3 Å². The highest BCUT2D eigenvalue weighted by atomic mass is 16.3. The summed E-state index contributed by atoms with van der Waals surface area (Å²) in [6.07, 6.45) is 1.06. The molecule has 0 saturated carbocycles. The largest absolute Gasteiger partial charge is 0.395 e. The standard InChI is InChI=1S/C15H24N2O/c1-12(2)17-10-14(16-9-15(17)11-18)8-13-6-4-3-5-7-13/h3-7,12,14-16,18H,8-11H2,1-2H3. The third-order valence-electron chi connectivity index (χ3n) is 3.74. The van der Waals surface area contributed by atoms with E-state index in [1.165, 1.54) is 5.56 Å². The minimum atomic E-state index is 0.239. The molecule has 0 spiro atoms. The molecule has 2 rings (SSSR count). The fourth-order valence-corrected chi connectivity index (χ4v) is 2.73. The first-order valence-electron chi connectivity index (χ1n) is 6.84. The summed E-state index contributed by atoms with van der Waals surface area (Å²) in [4.78, 5) is 2.41. The molecule has 1 aliphatic heterocycles. The lowest BCUT2D eigenvalue weighted by Gasteiger charge is -2.42. The molecule has 0 radical (unpaired) electrons. The van der Waals surface area contributed by atoms with Gasteiger partial charge in [-0.15, -0.1) is 0 Å². The Morgan fingerprint density at radius 3 is 2.67 bits per heavy atom. The maximum absolute atomic E-state index is 9.40. The van der Waals surface area contributed by atoms with E-state index in [9.17, 15) is 5.11 Å². The molecule has 3 nitrogen and oxygen atoms in total. The van der Waals surface area contributed by atoms with E-state index in [0.717, 1.165) is 19.5 Å². The van der Waals surface area contributed by atoms with E-state index in [-0.39, 0.29) is 12.6 Å². The second kappa shape index (κ2) is 6.32. The van der Waals surface area contributed by atoms with Crippen LogP contribution < -0.4 is 5.32 Å². The van der Waals surface area contributed by atoms with E-state index in [0.29, 0.717) is 12.1 Å². The zero-order chi connectivity index (χ0) is 13.0. The smallest absolute Gasteiger partial charge is 0.0599 e. The van der Waals surface area contributed by atoms with Gasteiger partial charge in [-0.25, -0.2) is 0 Å². The number of aliphatic hydroxyl groups is 1. The number of rotatable bonds is 4. The Kier molecular flexibility index (Phi) is 4.75. The molecular formula is C15H24N2O. The first kappa shape index (κ1) is 13.5. The Bertz CT molecular complexity index is 353. The van der Waals surface area contributed by atoms with Crippen LogP contribution in [-0.2, 0) is 6.42 Å². The van der Waals surface area contributed by atoms with Crippen molar-refractivity contribution in [3.63, 3.8) is 0 Å². The van der Waals surface area contributed by atoms with Gasteiger partial charge in [-0.3, -0.25) is 4.90 Å². The van der Waals surface area contributed by atoms with Gasteiger partial charge in [0.15, 0.2) is 0 Å². The van der Waals surface area contributed by atoms with Crippen LogP contribution in [0.1, 0.15) is 19.4 Å². The zero-order valence-corrected chi connectivity index (χ0v) is 11.3. The van der Waals surface area contributed by atoms with Crippen LogP contribution >= 0.6 is 0 Å². The van der Waals surface area contributed by atoms with Gasteiger partial charge in [-0.2, -0.15) is 0 Å². The first-order valence-corrected chi connectivity index (χ1v) is 6.84. The molecule has 18 heavy (non-hydrogen) atoms. The minimum Gasteiger partial charge on any atom is -0.395 e. The van der Waals surface area contributed by atoms with Gasteiger partial charge in [0.2, 0.25) is 0 Å². The molecule has 0 aromatic heterocycles.